The normalized spacial score (nSPS) is 11.7. The van der Waals surface area contributed by atoms with Crippen LogP contribution in [0.15, 0.2) is 68.0 Å². The molecule has 0 fully saturated rings. The summed E-state index contributed by atoms with van der Waals surface area (Å²) in [5.41, 5.74) is 0.774. The second-order valence-electron chi connectivity index (χ2n) is 6.51. The third-order valence-electron chi connectivity index (χ3n) is 4.62. The molecule has 2 heterocycles. The van der Waals surface area contributed by atoms with E-state index < -0.39 is 0 Å². The van der Waals surface area contributed by atoms with Gasteiger partial charge in [0.25, 0.3) is 5.56 Å². The van der Waals surface area contributed by atoms with E-state index in [9.17, 15) is 9.59 Å². The number of benzene rings is 2. The van der Waals surface area contributed by atoms with Gasteiger partial charge in [0, 0.05) is 11.9 Å². The largest absolute Gasteiger partial charge is 0.335 e. The first-order valence-corrected chi connectivity index (χ1v) is 12.0. The molecule has 0 aliphatic rings. The van der Waals surface area contributed by atoms with Gasteiger partial charge >= 0.3 is 5.69 Å². The highest BCUT2D eigenvalue weighted by Crippen LogP contribution is 2.38. The molecule has 1 atom stereocenters. The molecule has 0 amide bonds. The molecule has 0 bridgehead atoms. The number of aromatic nitrogens is 4. The maximum Gasteiger partial charge on any atom is 0.335 e. The molecule has 0 N–H and O–H groups in total. The summed E-state index contributed by atoms with van der Waals surface area (Å²) in [5.74, 6) is 0. The summed E-state index contributed by atoms with van der Waals surface area (Å²) in [5, 5.41) is 6.41. The molecule has 6 nitrogen and oxygen atoms in total. The van der Waals surface area contributed by atoms with Crippen LogP contribution in [0.25, 0.3) is 11.0 Å². The van der Waals surface area contributed by atoms with Crippen molar-refractivity contribution in [1.82, 2.24) is 18.7 Å². The monoisotopic (exact) mass is 478 g/mol. The van der Waals surface area contributed by atoms with Gasteiger partial charge in [-0.15, -0.1) is 0 Å². The summed E-state index contributed by atoms with van der Waals surface area (Å²) in [4.78, 5) is 26.5. The highest BCUT2D eigenvalue weighted by atomic mass is 35.5. The third-order valence-corrected chi connectivity index (χ3v) is 7.44. The Hall–Kier alpha value is -2.05. The average molecular weight is 479 g/mol. The number of nitrogens with zero attached hydrogens (tertiary/aromatic N) is 4. The zero-order chi connectivity index (χ0) is 21.4. The lowest BCUT2D eigenvalue weighted by atomic mass is 10.2. The second-order valence-corrected chi connectivity index (χ2v) is 9.22. The van der Waals surface area contributed by atoms with Crippen LogP contribution in [0.1, 0.15) is 5.56 Å². The van der Waals surface area contributed by atoms with E-state index in [2.05, 4.69) is 0 Å². The Bertz CT molecular complexity index is 1370. The van der Waals surface area contributed by atoms with Crippen molar-refractivity contribution in [3.05, 3.63) is 85.0 Å². The predicted molar refractivity (Wildman–Crippen MR) is 125 cm³/mol. The molecular formula is C20H17Cl2N4O2PS. The van der Waals surface area contributed by atoms with E-state index in [1.807, 2.05) is 43.1 Å². The summed E-state index contributed by atoms with van der Waals surface area (Å²) < 4.78 is 4.43. The average Bonchev–Trinajstić information content (AvgIpc) is 3.08. The SMILES string of the molecule is CPn1c(=O)n(C)c(=O)c2c(Sc3cccc(Cl)c3Cl)nn(Cc3ccccc3)c21. The van der Waals surface area contributed by atoms with E-state index in [1.54, 1.807) is 21.2 Å². The molecule has 0 saturated heterocycles. The summed E-state index contributed by atoms with van der Waals surface area (Å²) in [6, 6.07) is 15.1. The number of rotatable bonds is 5. The zero-order valence-electron chi connectivity index (χ0n) is 16.1. The van der Waals surface area contributed by atoms with Crippen LogP contribution in [-0.4, -0.2) is 25.4 Å². The van der Waals surface area contributed by atoms with Crippen molar-refractivity contribution in [3.8, 4) is 0 Å². The molecule has 154 valence electrons. The first-order chi connectivity index (χ1) is 14.4. The fourth-order valence-corrected chi connectivity index (χ4v) is 5.37. The minimum absolute atomic E-state index is 0.137. The third kappa shape index (κ3) is 3.71. The van der Waals surface area contributed by atoms with Gasteiger partial charge in [-0.3, -0.25) is 13.7 Å². The van der Waals surface area contributed by atoms with Gasteiger partial charge in [0.1, 0.15) is 10.4 Å². The minimum atomic E-state index is -0.385. The fraction of sp³-hybridized carbons (Fsp3) is 0.150. The summed E-state index contributed by atoms with van der Waals surface area (Å²) in [6.07, 6.45) is 0. The quantitative estimate of drug-likeness (QED) is 0.397. The summed E-state index contributed by atoms with van der Waals surface area (Å²) in [7, 11) is 1.62. The van der Waals surface area contributed by atoms with Gasteiger partial charge in [0.15, 0.2) is 5.65 Å². The Labute approximate surface area is 188 Å². The van der Waals surface area contributed by atoms with Crippen molar-refractivity contribution in [1.29, 1.82) is 0 Å². The van der Waals surface area contributed by atoms with Crippen molar-refractivity contribution in [2.24, 2.45) is 7.05 Å². The van der Waals surface area contributed by atoms with Crippen LogP contribution >= 0.6 is 43.7 Å². The minimum Gasteiger partial charge on any atom is -0.268 e. The van der Waals surface area contributed by atoms with Crippen LogP contribution in [0.4, 0.5) is 0 Å². The predicted octanol–water partition coefficient (Wildman–Crippen LogP) is 4.47. The van der Waals surface area contributed by atoms with E-state index in [0.717, 1.165) is 10.1 Å². The second kappa shape index (κ2) is 8.60. The van der Waals surface area contributed by atoms with Crippen LogP contribution < -0.4 is 11.2 Å². The molecule has 1 unspecified atom stereocenters. The fourth-order valence-electron chi connectivity index (χ4n) is 3.15. The lowest BCUT2D eigenvalue weighted by Gasteiger charge is -2.10. The van der Waals surface area contributed by atoms with Gasteiger partial charge in [0.2, 0.25) is 0 Å². The first-order valence-electron chi connectivity index (χ1n) is 8.98. The molecule has 2 aromatic carbocycles. The van der Waals surface area contributed by atoms with Gasteiger partial charge in [0.05, 0.1) is 16.6 Å². The van der Waals surface area contributed by atoms with E-state index in [1.165, 1.54) is 18.8 Å². The molecule has 10 heteroatoms. The molecule has 2 aromatic heterocycles. The van der Waals surface area contributed by atoms with E-state index in [0.29, 0.717) is 37.5 Å². The van der Waals surface area contributed by atoms with Crippen molar-refractivity contribution < 1.29 is 0 Å². The molecular weight excluding hydrogens is 462 g/mol. The molecule has 0 saturated carbocycles. The first kappa shape index (κ1) is 21.2. The van der Waals surface area contributed by atoms with Gasteiger partial charge < -0.3 is 0 Å². The van der Waals surface area contributed by atoms with Gasteiger partial charge in [-0.25, -0.2) is 9.48 Å². The smallest absolute Gasteiger partial charge is 0.268 e. The standard InChI is InChI=1S/C20H17Cl2N4O2PS/c1-24-19(27)15-17(30-14-10-6-9-13(21)16(14)22)23-25(11-12-7-4-3-5-8-12)18(15)26(29-2)20(24)28/h3-10,29H,11H2,1-2H3. The topological polar surface area (TPSA) is 61.8 Å². The molecule has 0 spiro atoms. The van der Waals surface area contributed by atoms with Gasteiger partial charge in [-0.1, -0.05) is 71.4 Å². The van der Waals surface area contributed by atoms with Crippen LogP contribution in [0.5, 0.6) is 0 Å². The maximum absolute atomic E-state index is 13.1. The Kier molecular flexibility index (Phi) is 6.07. The Balaban J connectivity index is 1.98. The summed E-state index contributed by atoms with van der Waals surface area (Å²) >= 11 is 13.8. The zero-order valence-corrected chi connectivity index (χ0v) is 19.4. The van der Waals surface area contributed by atoms with Crippen LogP contribution in [0.3, 0.4) is 0 Å². The molecule has 0 aliphatic heterocycles. The number of hydrogen-bond acceptors (Lipinski definition) is 4. The van der Waals surface area contributed by atoms with Gasteiger partial charge in [-0.2, -0.15) is 5.10 Å². The number of fused-ring (bicyclic) bond motifs is 1. The van der Waals surface area contributed by atoms with E-state index >= 15 is 0 Å². The molecule has 4 rings (SSSR count). The molecule has 30 heavy (non-hydrogen) atoms. The van der Waals surface area contributed by atoms with Crippen molar-refractivity contribution in [3.63, 3.8) is 0 Å². The highest BCUT2D eigenvalue weighted by Gasteiger charge is 2.22. The molecule has 0 radical (unpaired) electrons. The lowest BCUT2D eigenvalue weighted by molar-refractivity contribution is 0.673. The van der Waals surface area contributed by atoms with E-state index in [4.69, 9.17) is 28.3 Å². The van der Waals surface area contributed by atoms with Crippen LogP contribution in [-0.2, 0) is 13.6 Å². The maximum atomic E-state index is 13.1. The number of hydrogen-bond donors (Lipinski definition) is 0. The van der Waals surface area contributed by atoms with Gasteiger partial charge in [-0.05, 0) is 33.1 Å². The Morgan fingerprint density at radius 3 is 2.50 bits per heavy atom. The Morgan fingerprint density at radius 1 is 1.07 bits per heavy atom. The Morgan fingerprint density at radius 2 is 1.80 bits per heavy atom. The van der Waals surface area contributed by atoms with E-state index in [-0.39, 0.29) is 20.0 Å². The van der Waals surface area contributed by atoms with Crippen LogP contribution in [0, 0.1) is 0 Å². The lowest BCUT2D eigenvalue weighted by Crippen LogP contribution is -2.36. The molecule has 4 aromatic rings. The molecule has 0 aliphatic carbocycles. The van der Waals surface area contributed by atoms with Crippen LogP contribution in [0.2, 0.25) is 10.0 Å². The highest BCUT2D eigenvalue weighted by molar-refractivity contribution is 7.99. The number of halogens is 2. The van der Waals surface area contributed by atoms with Crippen molar-refractivity contribution in [2.75, 3.05) is 6.66 Å². The summed E-state index contributed by atoms with van der Waals surface area (Å²) in [6.45, 7) is 2.32. The van der Waals surface area contributed by atoms with Crippen molar-refractivity contribution >= 4 is 54.7 Å². The van der Waals surface area contributed by atoms with Crippen molar-refractivity contribution in [2.45, 2.75) is 16.5 Å².